The summed E-state index contributed by atoms with van der Waals surface area (Å²) in [4.78, 5) is 47.0. The van der Waals surface area contributed by atoms with E-state index < -0.39 is 0 Å². The highest BCUT2D eigenvalue weighted by atomic mass is 16.3. The Bertz CT molecular complexity index is 8450. The van der Waals surface area contributed by atoms with Gasteiger partial charge in [0.1, 0.15) is 30.8 Å². The van der Waals surface area contributed by atoms with Gasteiger partial charge < -0.3 is 4.42 Å². The minimum absolute atomic E-state index is 0.668. The van der Waals surface area contributed by atoms with E-state index in [2.05, 4.69) is 395 Å². The second kappa shape index (κ2) is 31.2. The van der Waals surface area contributed by atoms with E-state index in [1.807, 2.05) is 36.7 Å². The molecule has 26 aromatic rings. The summed E-state index contributed by atoms with van der Waals surface area (Å²) >= 11 is 0. The molecule has 0 N–H and O–H groups in total. The number of hydrogen-bond acceptors (Lipinski definition) is 12. The lowest BCUT2D eigenvalue weighted by Crippen LogP contribution is -1.91. The largest absolute Gasteiger partial charge is 0.443 e. The zero-order valence-electron chi connectivity index (χ0n) is 67.2. The van der Waals surface area contributed by atoms with Crippen molar-refractivity contribution in [3.8, 4) is 78.7 Å². The van der Waals surface area contributed by atoms with Crippen molar-refractivity contribution >= 4 is 162 Å². The van der Waals surface area contributed by atoms with Gasteiger partial charge in [0, 0.05) is 52.3 Å². The highest BCUT2D eigenvalue weighted by molar-refractivity contribution is 6.30. The minimum atomic E-state index is 0.668. The van der Waals surface area contributed by atoms with Gasteiger partial charge >= 0.3 is 0 Å². The number of hydrogen-bond donors (Lipinski definition) is 0. The van der Waals surface area contributed by atoms with Crippen LogP contribution in [0.1, 0.15) is 0 Å². The van der Waals surface area contributed by atoms with Crippen LogP contribution in [0.5, 0.6) is 0 Å². The molecule has 0 fully saturated rings. The standard InChI is InChI=1S/C36H22N2.C31H19NO.C24H14N6.C22H14N2/c1-2-8-30-29(7-1)31-13-9-25(23-11-15-35-27(19-23)5-3-17-37-35)22-34(31)32-14-10-26(21-33(30)32)24-12-16-36-28(20-24)6-4-18-38-36;1-2-6-20(7-3-1)21-10-13-26-27-14-11-22(23-12-15-30-31(18-23)33-19-32-30)17-29(27)25-9-5-4-8-24(25)28(26)16-21;1-2-4-18-17(3-1)21-9-15(23-27-11-25-12-28-23)5-7-19(21)20-8-6-16(10-22(18)20)24-29-13-26-14-30-24;1-2-8-18-16(6-1)17-7-3-4-9-19(17)21-14-15(10-11-20(18)21)22-23-12-5-13-24-22/h1-22H;1-19H;1-14H;1-14H. The Balaban J connectivity index is 0.0000000972. The number of benzene rings is 20. The fourth-order valence-electron chi connectivity index (χ4n) is 18.3. The molecule has 6 aromatic heterocycles. The molecule has 582 valence electrons. The molecule has 0 saturated heterocycles. The smallest absolute Gasteiger partial charge is 0.181 e. The molecule has 0 amide bonds. The van der Waals surface area contributed by atoms with E-state index in [0.29, 0.717) is 11.6 Å². The molecule has 0 spiro atoms. The first-order chi connectivity index (χ1) is 62.0. The van der Waals surface area contributed by atoms with E-state index in [-0.39, 0.29) is 0 Å². The molecule has 0 atom stereocenters. The van der Waals surface area contributed by atoms with E-state index in [0.717, 1.165) is 61.0 Å². The van der Waals surface area contributed by atoms with E-state index in [1.54, 1.807) is 12.4 Å². The van der Waals surface area contributed by atoms with Crippen LogP contribution in [-0.2, 0) is 0 Å². The van der Waals surface area contributed by atoms with E-state index in [9.17, 15) is 0 Å². The minimum Gasteiger partial charge on any atom is -0.443 e. The molecule has 0 aliphatic rings. The molecule has 0 aliphatic carbocycles. The average Bonchev–Trinajstić information content (AvgIpc) is 1.25. The Hall–Kier alpha value is -17.1. The number of nitrogens with zero attached hydrogens (tertiary/aromatic N) is 11. The van der Waals surface area contributed by atoms with Crippen molar-refractivity contribution in [2.45, 2.75) is 0 Å². The van der Waals surface area contributed by atoms with Crippen LogP contribution in [0.3, 0.4) is 0 Å². The molecule has 12 nitrogen and oxygen atoms in total. The van der Waals surface area contributed by atoms with Crippen molar-refractivity contribution in [2.75, 3.05) is 0 Å². The summed E-state index contributed by atoms with van der Waals surface area (Å²) in [7, 11) is 0. The van der Waals surface area contributed by atoms with E-state index in [4.69, 9.17) is 4.42 Å². The van der Waals surface area contributed by atoms with Gasteiger partial charge in [-0.15, -0.1) is 0 Å². The Morgan fingerprint density at radius 3 is 0.768 bits per heavy atom. The Labute approximate surface area is 715 Å². The lowest BCUT2D eigenvalue weighted by Gasteiger charge is -2.14. The van der Waals surface area contributed by atoms with Crippen molar-refractivity contribution in [1.29, 1.82) is 0 Å². The van der Waals surface area contributed by atoms with Gasteiger partial charge in [0.15, 0.2) is 29.4 Å². The Kier molecular flexibility index (Phi) is 18.3. The summed E-state index contributed by atoms with van der Waals surface area (Å²) in [6, 6.07) is 130. The first-order valence-electron chi connectivity index (χ1n) is 41.6. The van der Waals surface area contributed by atoms with Crippen LogP contribution in [0.15, 0.2) is 425 Å². The third kappa shape index (κ3) is 13.4. The van der Waals surface area contributed by atoms with Crippen LogP contribution in [-0.4, -0.2) is 54.8 Å². The quantitative estimate of drug-likeness (QED) is 0.139. The number of aromatic nitrogens is 11. The van der Waals surface area contributed by atoms with Gasteiger partial charge in [-0.1, -0.05) is 267 Å². The number of rotatable bonds is 7. The molecule has 0 unspecified atom stereocenters. The molecule has 20 aromatic carbocycles. The molecule has 12 heteroatoms. The average molecular weight is 1600 g/mol. The molecule has 6 heterocycles. The second-order valence-electron chi connectivity index (χ2n) is 31.3. The Morgan fingerprint density at radius 2 is 0.408 bits per heavy atom. The van der Waals surface area contributed by atoms with Gasteiger partial charge in [-0.05, 0) is 271 Å². The monoisotopic (exact) mass is 1600 g/mol. The lowest BCUT2D eigenvalue weighted by atomic mass is 9.90. The van der Waals surface area contributed by atoms with Crippen LogP contribution in [0.2, 0.25) is 0 Å². The summed E-state index contributed by atoms with van der Waals surface area (Å²) in [6.45, 7) is 0. The fourth-order valence-corrected chi connectivity index (χ4v) is 18.3. The zero-order valence-corrected chi connectivity index (χ0v) is 67.2. The maximum Gasteiger partial charge on any atom is 0.181 e. The van der Waals surface area contributed by atoms with Gasteiger partial charge in [-0.25, -0.2) is 44.9 Å². The van der Waals surface area contributed by atoms with E-state index >= 15 is 0 Å². The van der Waals surface area contributed by atoms with E-state index in [1.165, 1.54) is 200 Å². The highest BCUT2D eigenvalue weighted by Crippen LogP contribution is 2.45. The maximum atomic E-state index is 5.53. The SMILES string of the molecule is c1ccc(-c2ccc3c4ccc(-c5ccc6ncoc6c5)cc4c4ccccc4c3c2)cc1.c1ccc2c(c1)c1cc(-c3ncncn3)ccc1c1ccc(-c3ncncn3)cc21.c1cnc(-c2ccc3c4ccccc4c4ccccc4c3c2)nc1.c1cnc2ccc(-c3ccc4c(c3)c3ccccc3c3ccc(-c5ccc6ncccc6c5)cc34)cc2c1. The van der Waals surface area contributed by atoms with Crippen LogP contribution < -0.4 is 0 Å². The summed E-state index contributed by atoms with van der Waals surface area (Å²) in [6.07, 6.45) is 14.8. The lowest BCUT2D eigenvalue weighted by molar-refractivity contribution is 0.602. The molecular weight excluding hydrogens is 1530 g/mol. The van der Waals surface area contributed by atoms with Crippen molar-refractivity contribution in [3.05, 3.63) is 420 Å². The predicted octanol–water partition coefficient (Wildman–Crippen LogP) is 28.7. The molecular formula is C113H69N11O. The van der Waals surface area contributed by atoms with Crippen molar-refractivity contribution in [1.82, 2.24) is 54.8 Å². The van der Waals surface area contributed by atoms with Crippen LogP contribution in [0.25, 0.3) is 241 Å². The molecule has 0 radical (unpaired) electrons. The highest BCUT2D eigenvalue weighted by Gasteiger charge is 2.19. The summed E-state index contributed by atoms with van der Waals surface area (Å²) in [5.74, 6) is 2.10. The maximum absolute atomic E-state index is 5.53. The van der Waals surface area contributed by atoms with Crippen LogP contribution in [0, 0.1) is 0 Å². The first kappa shape index (κ1) is 73.1. The molecule has 125 heavy (non-hydrogen) atoms. The second-order valence-corrected chi connectivity index (χ2v) is 31.3. The number of fused-ring (bicyclic) bond motifs is 27. The Morgan fingerprint density at radius 1 is 0.152 bits per heavy atom. The molecule has 0 aliphatic heterocycles. The van der Waals surface area contributed by atoms with Crippen LogP contribution in [0.4, 0.5) is 0 Å². The molecule has 0 saturated carbocycles. The number of pyridine rings is 2. The van der Waals surface area contributed by atoms with Gasteiger partial charge in [-0.2, -0.15) is 0 Å². The van der Waals surface area contributed by atoms with Crippen molar-refractivity contribution in [3.63, 3.8) is 0 Å². The van der Waals surface area contributed by atoms with Gasteiger partial charge in [0.25, 0.3) is 0 Å². The number of oxazole rings is 1. The predicted molar refractivity (Wildman–Crippen MR) is 514 cm³/mol. The van der Waals surface area contributed by atoms with Gasteiger partial charge in [0.05, 0.1) is 11.0 Å². The summed E-state index contributed by atoms with van der Waals surface area (Å²) in [5, 5.41) is 32.3. The zero-order chi connectivity index (χ0) is 82.7. The van der Waals surface area contributed by atoms with Crippen molar-refractivity contribution in [2.24, 2.45) is 0 Å². The normalized spacial score (nSPS) is 11.5. The fraction of sp³-hybridized carbons (Fsp3) is 0. The molecule has 26 rings (SSSR count). The van der Waals surface area contributed by atoms with Crippen LogP contribution >= 0.6 is 0 Å². The third-order valence-corrected chi connectivity index (χ3v) is 24.2. The first-order valence-corrected chi connectivity index (χ1v) is 41.6. The third-order valence-electron chi connectivity index (χ3n) is 24.2. The van der Waals surface area contributed by atoms with Gasteiger partial charge in [-0.3, -0.25) is 9.97 Å². The topological polar surface area (TPSA) is 155 Å². The summed E-state index contributed by atoms with van der Waals surface area (Å²) < 4.78 is 5.53. The van der Waals surface area contributed by atoms with Crippen molar-refractivity contribution < 1.29 is 4.42 Å². The molecule has 0 bridgehead atoms. The summed E-state index contributed by atoms with van der Waals surface area (Å²) in [5.41, 5.74) is 16.3. The van der Waals surface area contributed by atoms with Gasteiger partial charge in [0.2, 0.25) is 0 Å².